The van der Waals surface area contributed by atoms with Crippen LogP contribution in [0, 0.1) is 0 Å². The van der Waals surface area contributed by atoms with E-state index in [0.717, 1.165) is 39.0 Å². The van der Waals surface area contributed by atoms with E-state index in [1.54, 1.807) is 0 Å². The van der Waals surface area contributed by atoms with Crippen molar-refractivity contribution in [2.45, 2.75) is 31.5 Å². The molecule has 0 saturated carbocycles. The molecule has 0 spiro atoms. The lowest BCUT2D eigenvalue weighted by molar-refractivity contribution is -0.0285. The van der Waals surface area contributed by atoms with E-state index in [2.05, 4.69) is 64.4 Å². The molecule has 2 aliphatic rings. The first-order chi connectivity index (χ1) is 13.3. The second-order valence-electron chi connectivity index (χ2n) is 7.69. The molecular weight excluding hydrogens is 336 g/mol. The molecule has 2 aromatic rings. The van der Waals surface area contributed by atoms with Crippen LogP contribution in [0.4, 0.5) is 5.69 Å². The van der Waals surface area contributed by atoms with Crippen LogP contribution in [0.2, 0.25) is 0 Å². The highest BCUT2D eigenvalue weighted by molar-refractivity contribution is 5.46. The number of hydrogen-bond acceptors (Lipinski definition) is 4. The van der Waals surface area contributed by atoms with Gasteiger partial charge in [0.15, 0.2) is 0 Å². The number of rotatable bonds is 6. The largest absolute Gasteiger partial charge is 0.389 e. The van der Waals surface area contributed by atoms with Gasteiger partial charge in [-0.1, -0.05) is 42.5 Å². The molecule has 2 atom stereocenters. The third kappa shape index (κ3) is 4.70. The molecule has 1 aliphatic heterocycles. The van der Waals surface area contributed by atoms with Crippen LogP contribution in [0.25, 0.3) is 0 Å². The Morgan fingerprint density at radius 1 is 0.963 bits per heavy atom. The summed E-state index contributed by atoms with van der Waals surface area (Å²) in [6, 6.07) is 19.1. The average molecular weight is 367 g/mol. The highest BCUT2D eigenvalue weighted by atomic mass is 16.5. The highest BCUT2D eigenvalue weighted by Gasteiger charge is 2.23. The summed E-state index contributed by atoms with van der Waals surface area (Å²) in [4.78, 5) is 4.76. The molecule has 0 unspecified atom stereocenters. The van der Waals surface area contributed by atoms with Crippen LogP contribution >= 0.6 is 0 Å². The third-order valence-electron chi connectivity index (χ3n) is 5.77. The molecule has 1 saturated heterocycles. The molecule has 0 amide bonds. The van der Waals surface area contributed by atoms with Crippen LogP contribution in [0.3, 0.4) is 0 Å². The minimum absolute atomic E-state index is 0.138. The number of piperazine rings is 1. The van der Waals surface area contributed by atoms with Crippen LogP contribution in [0.1, 0.15) is 30.1 Å². The number of aryl methyl sites for hydroxylation is 1. The van der Waals surface area contributed by atoms with Crippen molar-refractivity contribution in [3.8, 4) is 0 Å². The first-order valence-corrected chi connectivity index (χ1v) is 10.2. The molecule has 1 fully saturated rings. The number of aliphatic hydroxyl groups excluding tert-OH is 1. The number of anilines is 1. The smallest absolute Gasteiger partial charge is 0.0900 e. The number of benzene rings is 2. The zero-order valence-electron chi connectivity index (χ0n) is 16.0. The maximum Gasteiger partial charge on any atom is 0.0900 e. The van der Waals surface area contributed by atoms with Gasteiger partial charge in [-0.15, -0.1) is 0 Å². The van der Waals surface area contributed by atoms with E-state index in [4.69, 9.17) is 4.74 Å². The maximum atomic E-state index is 10.5. The predicted octanol–water partition coefficient (Wildman–Crippen LogP) is 3.26. The Kier molecular flexibility index (Phi) is 6.07. The van der Waals surface area contributed by atoms with Crippen LogP contribution < -0.4 is 4.90 Å². The molecule has 2 aromatic carbocycles. The van der Waals surface area contributed by atoms with Gasteiger partial charge in [-0.05, 0) is 42.5 Å². The van der Waals surface area contributed by atoms with Gasteiger partial charge in [0, 0.05) is 38.4 Å². The molecule has 0 aromatic heterocycles. The molecule has 1 N–H and O–H groups in total. The second-order valence-corrected chi connectivity index (χ2v) is 7.69. The first kappa shape index (κ1) is 18.5. The van der Waals surface area contributed by atoms with Gasteiger partial charge in [0.25, 0.3) is 0 Å². The van der Waals surface area contributed by atoms with Gasteiger partial charge in [-0.25, -0.2) is 0 Å². The van der Waals surface area contributed by atoms with Crippen molar-refractivity contribution in [2.75, 3.05) is 44.2 Å². The van der Waals surface area contributed by atoms with Gasteiger partial charge < -0.3 is 14.7 Å². The molecule has 4 rings (SSSR count). The first-order valence-electron chi connectivity index (χ1n) is 10.2. The monoisotopic (exact) mass is 366 g/mol. The fourth-order valence-electron chi connectivity index (χ4n) is 4.29. The summed E-state index contributed by atoms with van der Waals surface area (Å²) in [6.45, 7) is 5.09. The lowest BCUT2D eigenvalue weighted by Gasteiger charge is -2.37. The Labute approximate surface area is 162 Å². The summed E-state index contributed by atoms with van der Waals surface area (Å²) in [5.74, 6) is 0. The Bertz CT molecular complexity index is 713. The van der Waals surface area contributed by atoms with Crippen molar-refractivity contribution in [1.29, 1.82) is 0 Å². The van der Waals surface area contributed by atoms with Crippen LogP contribution in [-0.2, 0) is 11.2 Å². The van der Waals surface area contributed by atoms with Crippen molar-refractivity contribution in [3.05, 3.63) is 65.7 Å². The van der Waals surface area contributed by atoms with Crippen molar-refractivity contribution in [3.63, 3.8) is 0 Å². The van der Waals surface area contributed by atoms with Crippen molar-refractivity contribution >= 4 is 5.69 Å². The van der Waals surface area contributed by atoms with E-state index in [0.29, 0.717) is 13.2 Å². The second kappa shape index (κ2) is 8.87. The van der Waals surface area contributed by atoms with Gasteiger partial charge in [0.05, 0.1) is 18.8 Å². The van der Waals surface area contributed by atoms with Gasteiger partial charge in [0.2, 0.25) is 0 Å². The molecule has 1 heterocycles. The molecule has 4 nitrogen and oxygen atoms in total. The van der Waals surface area contributed by atoms with E-state index in [-0.39, 0.29) is 6.10 Å². The Balaban J connectivity index is 1.22. The molecule has 1 aliphatic carbocycles. The van der Waals surface area contributed by atoms with Gasteiger partial charge >= 0.3 is 0 Å². The van der Waals surface area contributed by atoms with E-state index >= 15 is 0 Å². The van der Waals surface area contributed by atoms with Crippen molar-refractivity contribution in [2.24, 2.45) is 0 Å². The number of β-amino-alcohol motifs (C(OH)–C–C–N with tert-alkyl or cyclic N) is 1. The molecular formula is C23H30N2O2. The SMILES string of the molecule is O[C@@H](CO[C@@H]1CCCc2ccccc21)CN1CCN(c2ccccc2)CC1. The van der Waals surface area contributed by atoms with Crippen LogP contribution in [-0.4, -0.2) is 55.4 Å². The minimum atomic E-state index is -0.428. The van der Waals surface area contributed by atoms with Crippen molar-refractivity contribution < 1.29 is 9.84 Å². The summed E-state index contributed by atoms with van der Waals surface area (Å²) in [6.07, 6.45) is 3.07. The average Bonchev–Trinajstić information content (AvgIpc) is 2.73. The summed E-state index contributed by atoms with van der Waals surface area (Å²) < 4.78 is 6.12. The molecule has 144 valence electrons. The number of fused-ring (bicyclic) bond motifs is 1. The Morgan fingerprint density at radius 2 is 1.70 bits per heavy atom. The molecule has 4 heteroatoms. The van der Waals surface area contributed by atoms with Gasteiger partial charge in [-0.3, -0.25) is 4.90 Å². The van der Waals surface area contributed by atoms with E-state index < -0.39 is 6.10 Å². The molecule has 0 bridgehead atoms. The number of hydrogen-bond donors (Lipinski definition) is 1. The summed E-state index contributed by atoms with van der Waals surface area (Å²) in [5, 5.41) is 10.5. The van der Waals surface area contributed by atoms with Gasteiger partial charge in [0.1, 0.15) is 0 Å². The highest BCUT2D eigenvalue weighted by Crippen LogP contribution is 2.32. The molecule has 0 radical (unpaired) electrons. The quantitative estimate of drug-likeness (QED) is 0.851. The van der Waals surface area contributed by atoms with Crippen LogP contribution in [0.5, 0.6) is 0 Å². The predicted molar refractivity (Wildman–Crippen MR) is 109 cm³/mol. The number of para-hydroxylation sites is 1. The fraction of sp³-hybridized carbons (Fsp3) is 0.478. The van der Waals surface area contributed by atoms with E-state index in [1.807, 2.05) is 0 Å². The minimum Gasteiger partial charge on any atom is -0.389 e. The standard InChI is InChI=1S/C23H30N2O2/c26-21(18-27-23-12-6-8-19-7-4-5-11-22(19)23)17-24-13-15-25(16-14-24)20-9-2-1-3-10-20/h1-5,7,9-11,21,23,26H,6,8,12-18H2/t21-,23-/m1/s1. The van der Waals surface area contributed by atoms with E-state index in [9.17, 15) is 5.11 Å². The van der Waals surface area contributed by atoms with Crippen LogP contribution in [0.15, 0.2) is 54.6 Å². The maximum absolute atomic E-state index is 10.5. The number of ether oxygens (including phenoxy) is 1. The third-order valence-corrected chi connectivity index (χ3v) is 5.77. The zero-order valence-corrected chi connectivity index (χ0v) is 16.0. The lowest BCUT2D eigenvalue weighted by Crippen LogP contribution is -2.49. The number of nitrogens with zero attached hydrogens (tertiary/aromatic N) is 2. The lowest BCUT2D eigenvalue weighted by atomic mass is 9.89. The Morgan fingerprint density at radius 3 is 2.52 bits per heavy atom. The van der Waals surface area contributed by atoms with Crippen molar-refractivity contribution in [1.82, 2.24) is 4.90 Å². The number of aliphatic hydroxyl groups is 1. The molecule has 27 heavy (non-hydrogen) atoms. The zero-order chi connectivity index (χ0) is 18.5. The fourth-order valence-corrected chi connectivity index (χ4v) is 4.29. The normalized spacial score (nSPS) is 21.7. The summed E-state index contributed by atoms with van der Waals surface area (Å²) in [5.41, 5.74) is 4.00. The topological polar surface area (TPSA) is 35.9 Å². The summed E-state index contributed by atoms with van der Waals surface area (Å²) in [7, 11) is 0. The Hall–Kier alpha value is -1.88. The van der Waals surface area contributed by atoms with E-state index in [1.165, 1.54) is 23.2 Å². The van der Waals surface area contributed by atoms with Gasteiger partial charge in [-0.2, -0.15) is 0 Å². The summed E-state index contributed by atoms with van der Waals surface area (Å²) >= 11 is 0.